The molecule has 4 aromatic rings. The van der Waals surface area contributed by atoms with Crippen LogP contribution in [0.15, 0.2) is 56.7 Å². The molecular formula is C19H18N6O5S. The molecule has 4 N–H and O–H groups in total. The van der Waals surface area contributed by atoms with Gasteiger partial charge in [0.1, 0.15) is 0 Å². The molecule has 12 heteroatoms. The SMILES string of the molecule is Cc1noc(CCNC(=O)c2ccc(NS(=O)(=O)c3ccc4[nH]c(=O)[nH]c4c3)cc2)n1. The maximum atomic E-state index is 12.6. The molecule has 160 valence electrons. The van der Waals surface area contributed by atoms with Crippen molar-refractivity contribution in [1.82, 2.24) is 25.4 Å². The molecule has 2 aromatic heterocycles. The minimum atomic E-state index is -3.88. The minimum Gasteiger partial charge on any atom is -0.352 e. The summed E-state index contributed by atoms with van der Waals surface area (Å²) >= 11 is 0. The highest BCUT2D eigenvalue weighted by molar-refractivity contribution is 7.92. The van der Waals surface area contributed by atoms with Crippen molar-refractivity contribution in [2.45, 2.75) is 18.2 Å². The molecule has 0 atom stereocenters. The summed E-state index contributed by atoms with van der Waals surface area (Å²) in [6, 6.07) is 10.3. The van der Waals surface area contributed by atoms with Crippen molar-refractivity contribution < 1.29 is 17.7 Å². The van der Waals surface area contributed by atoms with E-state index in [-0.39, 0.29) is 10.8 Å². The van der Waals surface area contributed by atoms with E-state index >= 15 is 0 Å². The number of sulfonamides is 1. The van der Waals surface area contributed by atoms with E-state index in [0.29, 0.717) is 47.0 Å². The van der Waals surface area contributed by atoms with E-state index in [2.05, 4.69) is 30.1 Å². The molecule has 0 unspecified atom stereocenters. The maximum absolute atomic E-state index is 12.6. The van der Waals surface area contributed by atoms with Crippen molar-refractivity contribution in [3.63, 3.8) is 0 Å². The molecule has 11 nitrogen and oxygen atoms in total. The Morgan fingerprint density at radius 3 is 2.55 bits per heavy atom. The molecule has 0 bridgehead atoms. The van der Waals surface area contributed by atoms with Crippen molar-refractivity contribution in [2.75, 3.05) is 11.3 Å². The molecule has 0 fully saturated rings. The summed E-state index contributed by atoms with van der Waals surface area (Å²) in [5, 5.41) is 6.41. The number of aromatic amines is 2. The number of hydrogen-bond donors (Lipinski definition) is 4. The van der Waals surface area contributed by atoms with Gasteiger partial charge < -0.3 is 19.8 Å². The average Bonchev–Trinajstić information content (AvgIpc) is 3.31. The Bertz CT molecular complexity index is 1400. The van der Waals surface area contributed by atoms with Crippen molar-refractivity contribution in [2.24, 2.45) is 0 Å². The van der Waals surface area contributed by atoms with Gasteiger partial charge in [-0.05, 0) is 49.4 Å². The van der Waals surface area contributed by atoms with Crippen LogP contribution in [-0.2, 0) is 16.4 Å². The Morgan fingerprint density at radius 1 is 1.10 bits per heavy atom. The van der Waals surface area contributed by atoms with Crippen LogP contribution in [0.2, 0.25) is 0 Å². The smallest absolute Gasteiger partial charge is 0.323 e. The lowest BCUT2D eigenvalue weighted by Crippen LogP contribution is -2.25. The molecule has 0 aliphatic heterocycles. The van der Waals surface area contributed by atoms with Gasteiger partial charge in [0.2, 0.25) is 5.89 Å². The van der Waals surface area contributed by atoms with E-state index in [9.17, 15) is 18.0 Å². The number of nitrogens with one attached hydrogen (secondary N) is 4. The van der Waals surface area contributed by atoms with Crippen molar-refractivity contribution in [3.8, 4) is 0 Å². The molecule has 0 aliphatic carbocycles. The maximum Gasteiger partial charge on any atom is 0.323 e. The molecule has 4 rings (SSSR count). The number of fused-ring (bicyclic) bond motifs is 1. The Balaban J connectivity index is 1.39. The highest BCUT2D eigenvalue weighted by Gasteiger charge is 2.16. The fraction of sp³-hybridized carbons (Fsp3) is 0.158. The van der Waals surface area contributed by atoms with E-state index < -0.39 is 15.7 Å². The van der Waals surface area contributed by atoms with E-state index in [1.807, 2.05) is 0 Å². The Kier molecular flexibility index (Phi) is 5.29. The lowest BCUT2D eigenvalue weighted by molar-refractivity contribution is 0.0953. The van der Waals surface area contributed by atoms with Gasteiger partial charge in [0, 0.05) is 24.2 Å². The lowest BCUT2D eigenvalue weighted by Gasteiger charge is -2.09. The summed E-state index contributed by atoms with van der Waals surface area (Å²) in [5.41, 5.74) is 1.14. The van der Waals surface area contributed by atoms with Crippen LogP contribution in [0.5, 0.6) is 0 Å². The van der Waals surface area contributed by atoms with Crippen LogP contribution in [0.4, 0.5) is 5.69 Å². The second-order valence-electron chi connectivity index (χ2n) is 6.71. The van der Waals surface area contributed by atoms with Crippen molar-refractivity contribution in [1.29, 1.82) is 0 Å². The standard InChI is InChI=1S/C19H18N6O5S/c1-11-21-17(30-24-11)8-9-20-18(26)12-2-4-13(5-3-12)25-31(28,29)14-6-7-15-16(10-14)23-19(27)22-15/h2-7,10,25H,8-9H2,1H3,(H,20,26)(H2,22,23,27). The fourth-order valence-electron chi connectivity index (χ4n) is 2.91. The van der Waals surface area contributed by atoms with Crippen LogP contribution in [0, 0.1) is 6.92 Å². The van der Waals surface area contributed by atoms with E-state index in [4.69, 9.17) is 4.52 Å². The Hall–Kier alpha value is -3.93. The van der Waals surface area contributed by atoms with Gasteiger partial charge in [0.05, 0.1) is 15.9 Å². The predicted octanol–water partition coefficient (Wildman–Crippen LogP) is 1.32. The number of carbonyl (C=O) groups is 1. The van der Waals surface area contributed by atoms with Gasteiger partial charge >= 0.3 is 5.69 Å². The minimum absolute atomic E-state index is 0.00617. The number of imidazole rings is 1. The van der Waals surface area contributed by atoms with Crippen LogP contribution >= 0.6 is 0 Å². The van der Waals surface area contributed by atoms with E-state index in [0.717, 1.165) is 0 Å². The summed E-state index contributed by atoms with van der Waals surface area (Å²) < 4.78 is 32.7. The Morgan fingerprint density at radius 2 is 1.84 bits per heavy atom. The van der Waals surface area contributed by atoms with E-state index in [1.54, 1.807) is 6.92 Å². The zero-order chi connectivity index (χ0) is 22.0. The monoisotopic (exact) mass is 442 g/mol. The number of amides is 1. The number of anilines is 1. The first-order valence-electron chi connectivity index (χ1n) is 9.22. The summed E-state index contributed by atoms with van der Waals surface area (Å²) in [6.07, 6.45) is 0.404. The first-order chi connectivity index (χ1) is 14.8. The third kappa shape index (κ3) is 4.64. The molecule has 0 spiro atoms. The van der Waals surface area contributed by atoms with Crippen LogP contribution < -0.4 is 15.7 Å². The number of aromatic nitrogens is 4. The van der Waals surface area contributed by atoms with Crippen LogP contribution in [0.3, 0.4) is 0 Å². The van der Waals surface area contributed by atoms with Gasteiger partial charge in [0.25, 0.3) is 15.9 Å². The van der Waals surface area contributed by atoms with Gasteiger partial charge in [-0.1, -0.05) is 5.16 Å². The van der Waals surface area contributed by atoms with Crippen LogP contribution in [-0.4, -0.2) is 41.0 Å². The Labute approximate surface area is 175 Å². The topological polar surface area (TPSA) is 163 Å². The number of nitrogens with zero attached hydrogens (tertiary/aromatic N) is 2. The zero-order valence-corrected chi connectivity index (χ0v) is 17.1. The molecule has 2 aromatic carbocycles. The molecule has 0 radical (unpaired) electrons. The number of H-pyrrole nitrogens is 2. The molecule has 0 aliphatic rings. The predicted molar refractivity (Wildman–Crippen MR) is 111 cm³/mol. The summed E-state index contributed by atoms with van der Waals surface area (Å²) in [6.45, 7) is 2.03. The summed E-state index contributed by atoms with van der Waals surface area (Å²) in [7, 11) is -3.88. The normalized spacial score (nSPS) is 11.5. The second kappa shape index (κ2) is 8.07. The van der Waals surface area contributed by atoms with Gasteiger partial charge in [-0.15, -0.1) is 0 Å². The van der Waals surface area contributed by atoms with Gasteiger partial charge in [-0.25, -0.2) is 13.2 Å². The first-order valence-corrected chi connectivity index (χ1v) is 10.7. The van der Waals surface area contributed by atoms with Crippen LogP contribution in [0.25, 0.3) is 11.0 Å². The van der Waals surface area contributed by atoms with Gasteiger partial charge in [-0.2, -0.15) is 4.98 Å². The molecule has 0 saturated carbocycles. The highest BCUT2D eigenvalue weighted by atomic mass is 32.2. The summed E-state index contributed by atoms with van der Waals surface area (Å²) in [4.78, 5) is 32.7. The van der Waals surface area contributed by atoms with Crippen LogP contribution in [0.1, 0.15) is 22.1 Å². The van der Waals surface area contributed by atoms with Gasteiger partial charge in [-0.3, -0.25) is 9.52 Å². The first kappa shape index (κ1) is 20.3. The van der Waals surface area contributed by atoms with E-state index in [1.165, 1.54) is 42.5 Å². The molecular weight excluding hydrogens is 424 g/mol. The number of rotatable bonds is 7. The number of hydrogen-bond acceptors (Lipinski definition) is 7. The van der Waals surface area contributed by atoms with Crippen molar-refractivity contribution >= 4 is 32.7 Å². The lowest BCUT2D eigenvalue weighted by atomic mass is 10.2. The number of benzene rings is 2. The zero-order valence-electron chi connectivity index (χ0n) is 16.3. The van der Waals surface area contributed by atoms with Gasteiger partial charge in [0.15, 0.2) is 5.82 Å². The fourth-order valence-corrected chi connectivity index (χ4v) is 3.99. The quantitative estimate of drug-likeness (QED) is 0.335. The van der Waals surface area contributed by atoms with Crippen molar-refractivity contribution in [3.05, 3.63) is 70.2 Å². The molecule has 31 heavy (non-hydrogen) atoms. The largest absolute Gasteiger partial charge is 0.352 e. The number of aryl methyl sites for hydroxylation is 1. The average molecular weight is 442 g/mol. The third-order valence-corrected chi connectivity index (χ3v) is 5.77. The third-order valence-electron chi connectivity index (χ3n) is 4.39. The number of carbonyl (C=O) groups excluding carboxylic acids is 1. The second-order valence-corrected chi connectivity index (χ2v) is 8.39. The summed E-state index contributed by atoms with van der Waals surface area (Å²) in [5.74, 6) is 0.651. The molecule has 0 saturated heterocycles. The molecule has 2 heterocycles. The highest BCUT2D eigenvalue weighted by Crippen LogP contribution is 2.19. The molecule has 1 amide bonds.